The molecule has 2 amide bonds. The number of hydrazone groups is 1. The van der Waals surface area contributed by atoms with Crippen molar-refractivity contribution < 1.29 is 23.8 Å². The van der Waals surface area contributed by atoms with Gasteiger partial charge in [-0.25, -0.2) is 5.43 Å². The summed E-state index contributed by atoms with van der Waals surface area (Å²) in [6.07, 6.45) is 0. The minimum Gasteiger partial charge on any atom is -0.493 e. The Morgan fingerprint density at radius 1 is 0.829 bits per heavy atom. The number of carbonyl (C=O) groups excluding carboxylic acids is 2. The molecule has 0 aromatic heterocycles. The van der Waals surface area contributed by atoms with Gasteiger partial charge in [0.1, 0.15) is 0 Å². The van der Waals surface area contributed by atoms with Crippen LogP contribution >= 0.6 is 23.2 Å². The standard InChI is InChI=1S/C25H23Cl2N3O5/c1-14(29-30-24(31)16-11-21(33-2)23(35-4)22(12-16)34-3)15-6-5-7-18(10-15)28-25(32)19-9-8-17(26)13-20(19)27/h5-13H,1-4H3,(H,28,32)(H,30,31)/b29-14-. The van der Waals surface area contributed by atoms with Crippen LogP contribution in [0.4, 0.5) is 5.69 Å². The first kappa shape index (κ1) is 25.9. The topological polar surface area (TPSA) is 98.2 Å². The maximum Gasteiger partial charge on any atom is 0.271 e. The van der Waals surface area contributed by atoms with Crippen molar-refractivity contribution in [2.75, 3.05) is 26.6 Å². The molecule has 0 aliphatic rings. The molecule has 0 saturated carbocycles. The van der Waals surface area contributed by atoms with Gasteiger partial charge in [-0.2, -0.15) is 5.10 Å². The Morgan fingerprint density at radius 3 is 2.11 bits per heavy atom. The zero-order valence-corrected chi connectivity index (χ0v) is 21.0. The number of hydrogen-bond acceptors (Lipinski definition) is 6. The first-order valence-corrected chi connectivity index (χ1v) is 11.0. The average Bonchev–Trinajstić information content (AvgIpc) is 2.86. The molecule has 0 saturated heterocycles. The van der Waals surface area contributed by atoms with E-state index in [4.69, 9.17) is 37.4 Å². The van der Waals surface area contributed by atoms with E-state index in [1.54, 1.807) is 43.3 Å². The lowest BCUT2D eigenvalue weighted by atomic mass is 10.1. The van der Waals surface area contributed by atoms with Crippen LogP contribution in [0, 0.1) is 0 Å². The molecule has 0 radical (unpaired) electrons. The van der Waals surface area contributed by atoms with Gasteiger partial charge >= 0.3 is 0 Å². The molecule has 0 atom stereocenters. The molecule has 0 aliphatic heterocycles. The van der Waals surface area contributed by atoms with Crippen molar-refractivity contribution in [1.29, 1.82) is 0 Å². The van der Waals surface area contributed by atoms with Crippen molar-refractivity contribution in [3.8, 4) is 17.2 Å². The van der Waals surface area contributed by atoms with Gasteiger partial charge in [0.05, 0.1) is 37.6 Å². The van der Waals surface area contributed by atoms with Gasteiger partial charge in [-0.15, -0.1) is 0 Å². The lowest BCUT2D eigenvalue weighted by molar-refractivity contribution is 0.0953. The number of rotatable bonds is 8. The summed E-state index contributed by atoms with van der Waals surface area (Å²) in [6, 6.07) is 14.7. The zero-order chi connectivity index (χ0) is 25.5. The van der Waals surface area contributed by atoms with E-state index in [9.17, 15) is 9.59 Å². The van der Waals surface area contributed by atoms with Crippen LogP contribution in [0.1, 0.15) is 33.2 Å². The quantitative estimate of drug-likeness (QED) is 0.308. The fourth-order valence-electron chi connectivity index (χ4n) is 3.17. The number of anilines is 1. The van der Waals surface area contributed by atoms with Gasteiger partial charge in [0.25, 0.3) is 11.8 Å². The number of nitrogens with one attached hydrogen (secondary N) is 2. The molecule has 0 bridgehead atoms. The number of nitrogens with zero attached hydrogens (tertiary/aromatic N) is 1. The number of amides is 2. The molecule has 10 heteroatoms. The predicted molar refractivity (Wildman–Crippen MR) is 137 cm³/mol. The molecule has 8 nitrogen and oxygen atoms in total. The minimum absolute atomic E-state index is 0.249. The Balaban J connectivity index is 1.75. The zero-order valence-electron chi connectivity index (χ0n) is 19.4. The van der Waals surface area contributed by atoms with E-state index in [-0.39, 0.29) is 16.5 Å². The normalized spacial score (nSPS) is 11.0. The third-order valence-electron chi connectivity index (χ3n) is 4.97. The molecule has 35 heavy (non-hydrogen) atoms. The average molecular weight is 516 g/mol. The summed E-state index contributed by atoms with van der Waals surface area (Å²) >= 11 is 12.0. The lowest BCUT2D eigenvalue weighted by Gasteiger charge is -2.13. The Morgan fingerprint density at radius 2 is 1.51 bits per heavy atom. The smallest absolute Gasteiger partial charge is 0.271 e. The van der Waals surface area contributed by atoms with Gasteiger partial charge in [-0.1, -0.05) is 35.3 Å². The van der Waals surface area contributed by atoms with Gasteiger partial charge in [0.2, 0.25) is 5.75 Å². The van der Waals surface area contributed by atoms with E-state index in [1.165, 1.54) is 39.5 Å². The number of hydrogen-bond donors (Lipinski definition) is 2. The molecule has 0 spiro atoms. The van der Waals surface area contributed by atoms with Gasteiger partial charge in [0, 0.05) is 16.3 Å². The number of methoxy groups -OCH3 is 3. The molecule has 0 unspecified atom stereocenters. The third-order valence-corrected chi connectivity index (χ3v) is 5.51. The fourth-order valence-corrected chi connectivity index (χ4v) is 3.66. The first-order valence-electron chi connectivity index (χ1n) is 10.3. The largest absolute Gasteiger partial charge is 0.493 e. The summed E-state index contributed by atoms with van der Waals surface area (Å²) in [5.74, 6) is 0.230. The lowest BCUT2D eigenvalue weighted by Crippen LogP contribution is -2.19. The SMILES string of the molecule is COc1cc(C(=O)N/N=C(/C)c2cccc(NC(=O)c3ccc(Cl)cc3Cl)c2)cc(OC)c1OC. The highest BCUT2D eigenvalue weighted by Crippen LogP contribution is 2.38. The predicted octanol–water partition coefficient (Wildman–Crippen LogP) is 5.43. The molecule has 2 N–H and O–H groups in total. The highest BCUT2D eigenvalue weighted by atomic mass is 35.5. The van der Waals surface area contributed by atoms with E-state index in [0.29, 0.717) is 44.8 Å². The number of carbonyl (C=O) groups is 2. The Kier molecular flexibility index (Phi) is 8.57. The van der Waals surface area contributed by atoms with Crippen LogP contribution in [-0.2, 0) is 0 Å². The summed E-state index contributed by atoms with van der Waals surface area (Å²) < 4.78 is 15.8. The Bertz CT molecular complexity index is 1270. The van der Waals surface area contributed by atoms with Crippen molar-refractivity contribution in [3.63, 3.8) is 0 Å². The second kappa shape index (κ2) is 11.6. The van der Waals surface area contributed by atoms with Crippen LogP contribution < -0.4 is 25.0 Å². The number of benzene rings is 3. The van der Waals surface area contributed by atoms with Crippen molar-refractivity contribution in [3.05, 3.63) is 81.3 Å². The van der Waals surface area contributed by atoms with Crippen molar-refractivity contribution in [1.82, 2.24) is 5.43 Å². The Labute approximate surface area is 212 Å². The van der Waals surface area contributed by atoms with Gasteiger partial charge < -0.3 is 19.5 Å². The molecule has 3 rings (SSSR count). The van der Waals surface area contributed by atoms with Crippen molar-refractivity contribution in [2.45, 2.75) is 6.92 Å². The summed E-state index contributed by atoms with van der Waals surface area (Å²) in [5.41, 5.74) is 4.83. The highest BCUT2D eigenvalue weighted by molar-refractivity contribution is 6.37. The van der Waals surface area contributed by atoms with Gasteiger partial charge in [0.15, 0.2) is 11.5 Å². The van der Waals surface area contributed by atoms with E-state index in [1.807, 2.05) is 0 Å². The first-order chi connectivity index (χ1) is 16.8. The number of ether oxygens (including phenoxy) is 3. The Hall–Kier alpha value is -3.75. The van der Waals surface area contributed by atoms with E-state index >= 15 is 0 Å². The van der Waals surface area contributed by atoms with Gasteiger partial charge in [-0.3, -0.25) is 9.59 Å². The minimum atomic E-state index is -0.467. The molecule has 3 aromatic carbocycles. The summed E-state index contributed by atoms with van der Waals surface area (Å²) in [6.45, 7) is 1.73. The van der Waals surface area contributed by atoms with Crippen LogP contribution in [0.25, 0.3) is 0 Å². The molecule has 0 heterocycles. The maximum absolute atomic E-state index is 12.7. The molecule has 0 fully saturated rings. The third kappa shape index (κ3) is 6.23. The molecular weight excluding hydrogens is 493 g/mol. The summed E-state index contributed by atoms with van der Waals surface area (Å²) in [7, 11) is 4.41. The molecule has 182 valence electrons. The van der Waals surface area contributed by atoms with E-state index in [0.717, 1.165) is 0 Å². The van der Waals surface area contributed by atoms with Crippen LogP contribution in [0.3, 0.4) is 0 Å². The maximum atomic E-state index is 12.7. The highest BCUT2D eigenvalue weighted by Gasteiger charge is 2.17. The van der Waals surface area contributed by atoms with E-state index < -0.39 is 5.91 Å². The van der Waals surface area contributed by atoms with Crippen LogP contribution in [0.15, 0.2) is 59.7 Å². The van der Waals surface area contributed by atoms with Crippen LogP contribution in [-0.4, -0.2) is 38.9 Å². The second-order valence-electron chi connectivity index (χ2n) is 7.21. The number of halogens is 2. The van der Waals surface area contributed by atoms with Gasteiger partial charge in [-0.05, 0) is 55.0 Å². The van der Waals surface area contributed by atoms with Crippen LogP contribution in [0.5, 0.6) is 17.2 Å². The molecular formula is C25H23Cl2N3O5. The van der Waals surface area contributed by atoms with Crippen molar-refractivity contribution >= 4 is 46.4 Å². The summed E-state index contributed by atoms with van der Waals surface area (Å²) in [5, 5.41) is 7.66. The molecule has 0 aliphatic carbocycles. The monoisotopic (exact) mass is 515 g/mol. The van der Waals surface area contributed by atoms with Crippen molar-refractivity contribution in [2.24, 2.45) is 5.10 Å². The van der Waals surface area contributed by atoms with E-state index in [2.05, 4.69) is 15.8 Å². The molecule has 3 aromatic rings. The fraction of sp³-hybridized carbons (Fsp3) is 0.160. The van der Waals surface area contributed by atoms with Crippen LogP contribution in [0.2, 0.25) is 10.0 Å². The second-order valence-corrected chi connectivity index (χ2v) is 8.05. The summed E-state index contributed by atoms with van der Waals surface area (Å²) in [4.78, 5) is 25.3.